The number of carbonyl (C=O) groups excluding carboxylic acids is 1. The van der Waals surface area contributed by atoms with Gasteiger partial charge in [-0.2, -0.15) is 0 Å². The normalized spacial score (nSPS) is 11.1. The summed E-state index contributed by atoms with van der Waals surface area (Å²) in [4.78, 5) is 15.9. The summed E-state index contributed by atoms with van der Waals surface area (Å²) in [5.74, 6) is 0.655. The van der Waals surface area contributed by atoms with Gasteiger partial charge in [0.05, 0.1) is 26.4 Å². The highest BCUT2D eigenvalue weighted by Crippen LogP contribution is 2.37. The lowest BCUT2D eigenvalue weighted by atomic mass is 10.1. The Morgan fingerprint density at radius 1 is 1.05 bits per heavy atom. The third-order valence-electron chi connectivity index (χ3n) is 3.09. The van der Waals surface area contributed by atoms with E-state index in [9.17, 15) is 4.79 Å². The minimum Gasteiger partial charge on any atom is -0.493 e. The third-order valence-corrected chi connectivity index (χ3v) is 3.09. The molecule has 0 heterocycles. The van der Waals surface area contributed by atoms with E-state index >= 15 is 0 Å². The number of nitrogens with two attached hydrogens (primary N) is 1. The van der Waals surface area contributed by atoms with Crippen LogP contribution >= 0.6 is 0 Å². The zero-order valence-corrected chi connectivity index (χ0v) is 12.6. The number of hydrogen-bond acceptors (Lipinski definition) is 4. The van der Waals surface area contributed by atoms with Crippen molar-refractivity contribution in [3.63, 3.8) is 0 Å². The second kappa shape index (κ2) is 7.26. The molecule has 0 spiro atoms. The molecule has 0 saturated carbocycles. The molecule has 114 valence electrons. The molecular weight excluding hydrogens is 280 g/mol. The largest absolute Gasteiger partial charge is 0.493 e. The van der Waals surface area contributed by atoms with Crippen molar-refractivity contribution in [2.24, 2.45) is 10.7 Å². The Bertz CT molecular complexity index is 682. The molecule has 0 fully saturated rings. The first-order valence-electron chi connectivity index (χ1n) is 6.78. The predicted molar refractivity (Wildman–Crippen MR) is 86.0 cm³/mol. The van der Waals surface area contributed by atoms with Crippen molar-refractivity contribution < 1.29 is 14.3 Å². The van der Waals surface area contributed by atoms with Gasteiger partial charge in [-0.1, -0.05) is 36.4 Å². The zero-order chi connectivity index (χ0) is 15.9. The smallest absolute Gasteiger partial charge is 0.223 e. The Balaban J connectivity index is 2.52. The van der Waals surface area contributed by atoms with Crippen molar-refractivity contribution in [2.75, 3.05) is 14.2 Å². The fourth-order valence-electron chi connectivity index (χ4n) is 2.11. The van der Waals surface area contributed by atoms with E-state index < -0.39 is 5.91 Å². The van der Waals surface area contributed by atoms with E-state index in [0.29, 0.717) is 22.9 Å². The summed E-state index contributed by atoms with van der Waals surface area (Å²) in [5.41, 5.74) is 7.34. The van der Waals surface area contributed by atoms with Gasteiger partial charge in [0.2, 0.25) is 5.91 Å². The molecule has 0 atom stereocenters. The molecule has 0 aliphatic rings. The van der Waals surface area contributed by atoms with Gasteiger partial charge in [0.25, 0.3) is 0 Å². The van der Waals surface area contributed by atoms with Gasteiger partial charge >= 0.3 is 0 Å². The summed E-state index contributed by atoms with van der Waals surface area (Å²) in [6.07, 6.45) is 0.0460. The molecule has 5 heteroatoms. The number of methoxy groups -OCH3 is 2. The molecule has 22 heavy (non-hydrogen) atoms. The monoisotopic (exact) mass is 298 g/mol. The van der Waals surface area contributed by atoms with Gasteiger partial charge in [-0.15, -0.1) is 0 Å². The average molecular weight is 298 g/mol. The van der Waals surface area contributed by atoms with Crippen LogP contribution in [0.2, 0.25) is 0 Å². The van der Waals surface area contributed by atoms with Gasteiger partial charge in [0, 0.05) is 0 Å². The van der Waals surface area contributed by atoms with Crippen LogP contribution in [0.3, 0.4) is 0 Å². The van der Waals surface area contributed by atoms with E-state index in [-0.39, 0.29) is 6.42 Å². The summed E-state index contributed by atoms with van der Waals surface area (Å²) >= 11 is 0. The van der Waals surface area contributed by atoms with Gasteiger partial charge in [-0.25, -0.2) is 4.99 Å². The third kappa shape index (κ3) is 3.63. The van der Waals surface area contributed by atoms with Crippen molar-refractivity contribution in [2.45, 2.75) is 6.42 Å². The van der Waals surface area contributed by atoms with Gasteiger partial charge < -0.3 is 15.2 Å². The van der Waals surface area contributed by atoms with Crippen LogP contribution in [-0.2, 0) is 4.79 Å². The molecule has 0 radical (unpaired) electrons. The van der Waals surface area contributed by atoms with E-state index in [2.05, 4.69) is 4.99 Å². The zero-order valence-electron chi connectivity index (χ0n) is 12.6. The molecule has 2 rings (SSSR count). The van der Waals surface area contributed by atoms with Crippen molar-refractivity contribution in [3.05, 3.63) is 54.1 Å². The number of para-hydroxylation sites is 1. The summed E-state index contributed by atoms with van der Waals surface area (Å²) in [6, 6.07) is 14.8. The molecule has 0 unspecified atom stereocenters. The molecule has 0 aliphatic heterocycles. The Morgan fingerprint density at radius 3 is 2.36 bits per heavy atom. The minimum absolute atomic E-state index is 0.0460. The molecule has 2 N–H and O–H groups in total. The predicted octanol–water partition coefficient (Wildman–Crippen LogP) is 2.70. The second-order valence-electron chi connectivity index (χ2n) is 4.58. The number of rotatable bonds is 6. The molecule has 1 amide bonds. The first-order valence-corrected chi connectivity index (χ1v) is 6.78. The van der Waals surface area contributed by atoms with Crippen LogP contribution in [0.1, 0.15) is 12.0 Å². The highest BCUT2D eigenvalue weighted by atomic mass is 16.5. The number of hydrogen-bond donors (Lipinski definition) is 1. The van der Waals surface area contributed by atoms with Gasteiger partial charge in [-0.3, -0.25) is 4.79 Å². The first kappa shape index (κ1) is 15.6. The number of primary amides is 1. The van der Waals surface area contributed by atoms with E-state index in [1.807, 2.05) is 36.4 Å². The lowest BCUT2D eigenvalue weighted by molar-refractivity contribution is -0.116. The number of benzene rings is 2. The summed E-state index contributed by atoms with van der Waals surface area (Å²) in [7, 11) is 3.11. The fourth-order valence-corrected chi connectivity index (χ4v) is 2.11. The molecule has 0 bridgehead atoms. The number of ether oxygens (including phenoxy) is 2. The van der Waals surface area contributed by atoms with Crippen LogP contribution < -0.4 is 15.2 Å². The minimum atomic E-state index is -0.440. The van der Waals surface area contributed by atoms with Crippen LogP contribution in [0.4, 0.5) is 5.69 Å². The fraction of sp³-hybridized carbons (Fsp3) is 0.176. The number of nitrogens with zero attached hydrogens (tertiary/aromatic N) is 1. The lowest BCUT2D eigenvalue weighted by Crippen LogP contribution is -2.17. The molecule has 0 saturated heterocycles. The molecule has 2 aromatic rings. The maximum absolute atomic E-state index is 11.3. The molecular formula is C17H18N2O3. The van der Waals surface area contributed by atoms with E-state index in [4.69, 9.17) is 15.2 Å². The van der Waals surface area contributed by atoms with E-state index in [1.165, 1.54) is 0 Å². The van der Waals surface area contributed by atoms with Crippen LogP contribution in [0, 0.1) is 0 Å². The quantitative estimate of drug-likeness (QED) is 0.833. The van der Waals surface area contributed by atoms with Gasteiger partial charge in [0.1, 0.15) is 5.69 Å². The van der Waals surface area contributed by atoms with Crippen LogP contribution in [0.5, 0.6) is 11.5 Å². The van der Waals surface area contributed by atoms with Gasteiger partial charge in [-0.05, 0) is 17.7 Å². The Morgan fingerprint density at radius 2 is 1.77 bits per heavy atom. The number of amides is 1. The van der Waals surface area contributed by atoms with Gasteiger partial charge in [0.15, 0.2) is 11.5 Å². The van der Waals surface area contributed by atoms with Crippen LogP contribution in [-0.4, -0.2) is 25.8 Å². The Hall–Kier alpha value is -2.82. The SMILES string of the molecule is COc1cccc(N=C(CC(N)=O)c2ccccc2)c1OC. The summed E-state index contributed by atoms with van der Waals surface area (Å²) < 4.78 is 10.6. The van der Waals surface area contributed by atoms with E-state index in [1.54, 1.807) is 26.4 Å². The average Bonchev–Trinajstić information content (AvgIpc) is 2.54. The summed E-state index contributed by atoms with van der Waals surface area (Å²) in [6.45, 7) is 0. The number of aliphatic imine (C=N–C) groups is 1. The molecule has 0 aliphatic carbocycles. The van der Waals surface area contributed by atoms with Crippen LogP contribution in [0.25, 0.3) is 0 Å². The maximum atomic E-state index is 11.3. The van der Waals surface area contributed by atoms with Crippen molar-refractivity contribution in [3.8, 4) is 11.5 Å². The molecule has 5 nitrogen and oxygen atoms in total. The van der Waals surface area contributed by atoms with E-state index in [0.717, 1.165) is 5.56 Å². The first-order chi connectivity index (χ1) is 10.7. The van der Waals surface area contributed by atoms with Crippen molar-refractivity contribution in [1.82, 2.24) is 0 Å². The highest BCUT2D eigenvalue weighted by molar-refractivity contribution is 6.11. The van der Waals surface area contributed by atoms with Crippen LogP contribution in [0.15, 0.2) is 53.5 Å². The molecule has 0 aromatic heterocycles. The summed E-state index contributed by atoms with van der Waals surface area (Å²) in [5, 5.41) is 0. The number of carbonyl (C=O) groups is 1. The topological polar surface area (TPSA) is 73.9 Å². The Kier molecular flexibility index (Phi) is 5.14. The lowest BCUT2D eigenvalue weighted by Gasteiger charge is -2.11. The Labute approximate surface area is 129 Å². The molecule has 2 aromatic carbocycles. The standard InChI is InChI=1S/C17H18N2O3/c1-21-15-10-6-9-13(17(15)22-2)19-14(11-16(18)20)12-7-4-3-5-8-12/h3-10H,11H2,1-2H3,(H2,18,20). The highest BCUT2D eigenvalue weighted by Gasteiger charge is 2.12. The van der Waals surface area contributed by atoms with Crippen molar-refractivity contribution >= 4 is 17.3 Å². The maximum Gasteiger partial charge on any atom is 0.223 e. The van der Waals surface area contributed by atoms with Crippen molar-refractivity contribution in [1.29, 1.82) is 0 Å². The second-order valence-corrected chi connectivity index (χ2v) is 4.58.